The van der Waals surface area contributed by atoms with Gasteiger partial charge in [-0.25, -0.2) is 0 Å². The number of benzene rings is 1. The molecule has 0 saturated carbocycles. The Bertz CT molecular complexity index is 477. The fourth-order valence-corrected chi connectivity index (χ4v) is 1.93. The molecule has 1 aromatic rings. The van der Waals surface area contributed by atoms with Crippen LogP contribution in [0.5, 0.6) is 0 Å². The summed E-state index contributed by atoms with van der Waals surface area (Å²) in [6.45, 7) is 4.15. The minimum atomic E-state index is -0.425. The first-order valence-corrected chi connectivity index (χ1v) is 6.78. The average Bonchev–Trinajstić information content (AvgIpc) is 2.38. The van der Waals surface area contributed by atoms with Crippen LogP contribution in [-0.4, -0.2) is 36.5 Å². The minimum Gasteiger partial charge on any atom is -0.465 e. The van der Waals surface area contributed by atoms with E-state index in [1.807, 2.05) is 0 Å². The summed E-state index contributed by atoms with van der Waals surface area (Å²) in [5.41, 5.74) is 6.55. The van der Waals surface area contributed by atoms with Crippen molar-refractivity contribution in [2.75, 3.05) is 25.4 Å². The number of amides is 1. The molecule has 0 heterocycles. The van der Waals surface area contributed by atoms with Crippen molar-refractivity contribution in [3.63, 3.8) is 0 Å². The largest absolute Gasteiger partial charge is 0.465 e. The summed E-state index contributed by atoms with van der Waals surface area (Å²) < 4.78 is 5.60. The molecule has 0 unspecified atom stereocenters. The fourth-order valence-electron chi connectivity index (χ4n) is 1.57. The van der Waals surface area contributed by atoms with Gasteiger partial charge in [0.15, 0.2) is 0 Å². The lowest BCUT2D eigenvalue weighted by Crippen LogP contribution is -2.36. The number of halogens is 1. The van der Waals surface area contributed by atoms with Crippen molar-refractivity contribution < 1.29 is 14.3 Å². The van der Waals surface area contributed by atoms with Gasteiger partial charge >= 0.3 is 5.97 Å². The van der Waals surface area contributed by atoms with Crippen LogP contribution in [0.2, 0.25) is 0 Å². The molecule has 0 aliphatic heterocycles. The number of hydrogen-bond donors (Lipinski definition) is 1. The fraction of sp³-hybridized carbons (Fsp3) is 0.385. The van der Waals surface area contributed by atoms with Crippen LogP contribution in [0.4, 0.5) is 5.69 Å². The van der Waals surface area contributed by atoms with Crippen LogP contribution in [0.3, 0.4) is 0 Å². The summed E-state index contributed by atoms with van der Waals surface area (Å²) in [7, 11) is 0. The molecule has 104 valence electrons. The summed E-state index contributed by atoms with van der Waals surface area (Å²) in [5, 5.41) is 0. The molecule has 0 aliphatic rings. The van der Waals surface area contributed by atoms with E-state index in [-0.39, 0.29) is 12.5 Å². The molecule has 1 aromatic carbocycles. The second-order valence-electron chi connectivity index (χ2n) is 3.86. The molecule has 0 aliphatic carbocycles. The van der Waals surface area contributed by atoms with Crippen molar-refractivity contribution in [2.45, 2.75) is 13.8 Å². The summed E-state index contributed by atoms with van der Waals surface area (Å²) in [6.07, 6.45) is 0. The first kappa shape index (κ1) is 15.5. The molecule has 0 atom stereocenters. The van der Waals surface area contributed by atoms with Crippen molar-refractivity contribution >= 4 is 33.5 Å². The molecule has 1 rings (SSSR count). The van der Waals surface area contributed by atoms with Crippen molar-refractivity contribution in [2.24, 2.45) is 0 Å². The van der Waals surface area contributed by atoms with E-state index in [9.17, 15) is 9.59 Å². The van der Waals surface area contributed by atoms with Gasteiger partial charge in [-0.1, -0.05) is 15.9 Å². The van der Waals surface area contributed by atoms with Crippen LogP contribution >= 0.6 is 15.9 Å². The van der Waals surface area contributed by atoms with Gasteiger partial charge in [-0.3, -0.25) is 9.59 Å². The highest BCUT2D eigenvalue weighted by Gasteiger charge is 2.20. The van der Waals surface area contributed by atoms with Gasteiger partial charge in [0.25, 0.3) is 5.91 Å². The van der Waals surface area contributed by atoms with Crippen molar-refractivity contribution in [3.05, 3.63) is 28.2 Å². The van der Waals surface area contributed by atoms with Gasteiger partial charge in [0.1, 0.15) is 6.54 Å². The molecule has 0 spiro atoms. The Morgan fingerprint density at radius 2 is 2.05 bits per heavy atom. The molecule has 6 heteroatoms. The Labute approximate surface area is 120 Å². The average molecular weight is 329 g/mol. The van der Waals surface area contributed by atoms with Crippen LogP contribution in [0.25, 0.3) is 0 Å². The molecule has 0 fully saturated rings. The van der Waals surface area contributed by atoms with Gasteiger partial charge in [-0.15, -0.1) is 0 Å². The quantitative estimate of drug-likeness (QED) is 0.663. The number of nitrogens with two attached hydrogens (primary N) is 1. The predicted octanol–water partition coefficient (Wildman–Crippen LogP) is 2.06. The Balaban J connectivity index is 2.89. The highest BCUT2D eigenvalue weighted by Crippen LogP contribution is 2.20. The van der Waals surface area contributed by atoms with E-state index in [0.29, 0.717) is 24.4 Å². The molecular weight excluding hydrogens is 312 g/mol. The standard InChI is InChI=1S/C13H17BrN2O3/c1-3-16(8-12(17)19-4-2)13(18)10-7-9(14)5-6-11(10)15/h5-7H,3-4,8,15H2,1-2H3. The molecule has 0 aromatic heterocycles. The van der Waals surface area contributed by atoms with Crippen molar-refractivity contribution in [3.8, 4) is 0 Å². The molecule has 0 radical (unpaired) electrons. The Morgan fingerprint density at radius 3 is 2.63 bits per heavy atom. The van der Waals surface area contributed by atoms with Gasteiger partial charge in [0.2, 0.25) is 0 Å². The second-order valence-corrected chi connectivity index (χ2v) is 4.77. The number of esters is 1. The maximum atomic E-state index is 12.3. The number of rotatable bonds is 5. The van der Waals surface area contributed by atoms with Crippen molar-refractivity contribution in [1.29, 1.82) is 0 Å². The Morgan fingerprint density at radius 1 is 1.37 bits per heavy atom. The highest BCUT2D eigenvalue weighted by molar-refractivity contribution is 9.10. The number of ether oxygens (including phenoxy) is 1. The molecular formula is C13H17BrN2O3. The third-order valence-electron chi connectivity index (χ3n) is 2.54. The SMILES string of the molecule is CCOC(=O)CN(CC)C(=O)c1cc(Br)ccc1N. The van der Waals surface area contributed by atoms with Gasteiger partial charge in [-0.05, 0) is 32.0 Å². The second kappa shape index (κ2) is 7.13. The third kappa shape index (κ3) is 4.24. The molecule has 19 heavy (non-hydrogen) atoms. The topological polar surface area (TPSA) is 72.6 Å². The lowest BCUT2D eigenvalue weighted by molar-refractivity contribution is -0.143. The summed E-state index contributed by atoms with van der Waals surface area (Å²) in [4.78, 5) is 25.1. The zero-order chi connectivity index (χ0) is 14.4. The first-order chi connectivity index (χ1) is 8.99. The zero-order valence-corrected chi connectivity index (χ0v) is 12.6. The molecule has 0 saturated heterocycles. The van der Waals surface area contributed by atoms with E-state index < -0.39 is 5.97 Å². The number of nitrogens with zero attached hydrogens (tertiary/aromatic N) is 1. The number of carbonyl (C=O) groups excluding carboxylic acids is 2. The Kier molecular flexibility index (Phi) is 5.82. The molecule has 5 nitrogen and oxygen atoms in total. The maximum absolute atomic E-state index is 12.3. The van der Waals surface area contributed by atoms with Crippen molar-refractivity contribution in [1.82, 2.24) is 4.90 Å². The van der Waals surface area contributed by atoms with Gasteiger partial charge in [-0.2, -0.15) is 0 Å². The normalized spacial score (nSPS) is 10.1. The van der Waals surface area contributed by atoms with Crippen LogP contribution in [0, 0.1) is 0 Å². The molecule has 0 bridgehead atoms. The van der Waals surface area contributed by atoms with Gasteiger partial charge in [0.05, 0.1) is 12.2 Å². The van der Waals surface area contributed by atoms with Crippen LogP contribution < -0.4 is 5.73 Å². The lowest BCUT2D eigenvalue weighted by Gasteiger charge is -2.20. The maximum Gasteiger partial charge on any atom is 0.325 e. The van der Waals surface area contributed by atoms with Crippen LogP contribution in [0.15, 0.2) is 22.7 Å². The van der Waals surface area contributed by atoms with E-state index >= 15 is 0 Å². The lowest BCUT2D eigenvalue weighted by atomic mass is 10.1. The summed E-state index contributed by atoms with van der Waals surface area (Å²) in [6, 6.07) is 5.05. The van der Waals surface area contributed by atoms with Crippen LogP contribution in [0.1, 0.15) is 24.2 Å². The minimum absolute atomic E-state index is 0.0743. The summed E-state index contributed by atoms with van der Waals surface area (Å²) in [5.74, 6) is -0.708. The number of carbonyl (C=O) groups is 2. The first-order valence-electron chi connectivity index (χ1n) is 5.99. The molecule has 2 N–H and O–H groups in total. The highest BCUT2D eigenvalue weighted by atomic mass is 79.9. The summed E-state index contributed by atoms with van der Waals surface area (Å²) >= 11 is 3.29. The number of anilines is 1. The van der Waals surface area contributed by atoms with E-state index in [1.54, 1.807) is 32.0 Å². The predicted molar refractivity (Wildman–Crippen MR) is 76.8 cm³/mol. The Hall–Kier alpha value is -1.56. The van der Waals surface area contributed by atoms with E-state index in [0.717, 1.165) is 4.47 Å². The monoisotopic (exact) mass is 328 g/mol. The zero-order valence-electron chi connectivity index (χ0n) is 11.0. The third-order valence-corrected chi connectivity index (χ3v) is 3.03. The van der Waals surface area contributed by atoms with Gasteiger partial charge < -0.3 is 15.4 Å². The van der Waals surface area contributed by atoms with E-state index in [2.05, 4.69) is 15.9 Å². The smallest absolute Gasteiger partial charge is 0.325 e. The number of nitrogen functional groups attached to an aromatic ring is 1. The molecule has 1 amide bonds. The van der Waals surface area contributed by atoms with E-state index in [1.165, 1.54) is 4.90 Å². The number of likely N-dealkylation sites (N-methyl/N-ethyl adjacent to an activating group) is 1. The van der Waals surface area contributed by atoms with Crippen LogP contribution in [-0.2, 0) is 9.53 Å². The van der Waals surface area contributed by atoms with E-state index in [4.69, 9.17) is 10.5 Å². The number of hydrogen-bond acceptors (Lipinski definition) is 4. The van der Waals surface area contributed by atoms with Gasteiger partial charge in [0, 0.05) is 16.7 Å².